The summed E-state index contributed by atoms with van der Waals surface area (Å²) in [4.78, 5) is 16.9. The van der Waals surface area contributed by atoms with Crippen LogP contribution in [-0.4, -0.2) is 50.6 Å². The fourth-order valence-corrected chi connectivity index (χ4v) is 6.05. The highest BCUT2D eigenvalue weighted by Gasteiger charge is 2.42. The maximum absolute atomic E-state index is 6.31. The zero-order valence-electron chi connectivity index (χ0n) is 21.3. The monoisotopic (exact) mass is 501 g/mol. The van der Waals surface area contributed by atoms with Crippen LogP contribution in [0.25, 0.3) is 39.5 Å². The average molecular weight is 502 g/mol. The number of nitrogens with one attached hydrogen (secondary N) is 1. The Bertz CT molecular complexity index is 1580. The van der Waals surface area contributed by atoms with Gasteiger partial charge in [0.25, 0.3) is 0 Å². The summed E-state index contributed by atoms with van der Waals surface area (Å²) in [6.45, 7) is 5.72. The largest absolute Gasteiger partial charge is 0.383 e. The van der Waals surface area contributed by atoms with Gasteiger partial charge in [0, 0.05) is 37.1 Å². The normalized spacial score (nSPS) is 17.1. The number of aromatic nitrogens is 4. The van der Waals surface area contributed by atoms with Gasteiger partial charge in [0.2, 0.25) is 0 Å². The number of nitrogens with zero attached hydrogens (tertiary/aromatic N) is 5. The van der Waals surface area contributed by atoms with Crippen LogP contribution in [0.1, 0.15) is 18.4 Å². The molecule has 1 spiro atoms. The van der Waals surface area contributed by atoms with Crippen LogP contribution in [0.2, 0.25) is 0 Å². The van der Waals surface area contributed by atoms with E-state index in [0.717, 1.165) is 59.1 Å². The number of hydrogen-bond donors (Lipinski definition) is 2. The third-order valence-electron chi connectivity index (χ3n) is 8.04. The van der Waals surface area contributed by atoms with Crippen molar-refractivity contribution in [3.63, 3.8) is 0 Å². The summed E-state index contributed by atoms with van der Waals surface area (Å²) in [5, 5.41) is 3.49. The molecule has 0 radical (unpaired) electrons. The molecule has 0 amide bonds. The minimum Gasteiger partial charge on any atom is -0.383 e. The van der Waals surface area contributed by atoms with E-state index < -0.39 is 0 Å². The number of anilines is 1. The first-order valence-corrected chi connectivity index (χ1v) is 13.4. The van der Waals surface area contributed by atoms with E-state index in [-0.39, 0.29) is 0 Å². The summed E-state index contributed by atoms with van der Waals surface area (Å²) >= 11 is 0. The first-order valence-electron chi connectivity index (χ1n) is 13.4. The van der Waals surface area contributed by atoms with Crippen molar-refractivity contribution < 1.29 is 0 Å². The van der Waals surface area contributed by atoms with Crippen LogP contribution < -0.4 is 11.1 Å². The second-order valence-electron chi connectivity index (χ2n) is 10.7. The summed E-state index contributed by atoms with van der Waals surface area (Å²) in [6.07, 6.45) is 4.30. The molecular formula is C31H31N7. The summed E-state index contributed by atoms with van der Waals surface area (Å²) in [5.74, 6) is 1.19. The fourth-order valence-electron chi connectivity index (χ4n) is 6.05. The van der Waals surface area contributed by atoms with E-state index in [1.54, 1.807) is 6.20 Å². The molecule has 0 atom stereocenters. The molecule has 3 aromatic heterocycles. The molecule has 5 aromatic rings. The summed E-state index contributed by atoms with van der Waals surface area (Å²) in [6, 6.07) is 26.9. The number of likely N-dealkylation sites (tertiary alicyclic amines) is 1. The van der Waals surface area contributed by atoms with Crippen LogP contribution in [0.4, 0.5) is 5.82 Å². The number of benzene rings is 2. The Morgan fingerprint density at radius 2 is 1.63 bits per heavy atom. The lowest BCUT2D eigenvalue weighted by Crippen LogP contribution is -2.59. The van der Waals surface area contributed by atoms with Crippen molar-refractivity contribution >= 4 is 17.0 Å². The number of piperidine rings is 1. The Kier molecular flexibility index (Phi) is 5.68. The maximum Gasteiger partial charge on any atom is 0.165 e. The van der Waals surface area contributed by atoms with Gasteiger partial charge >= 0.3 is 0 Å². The zero-order valence-corrected chi connectivity index (χ0v) is 21.3. The molecule has 2 aliphatic heterocycles. The van der Waals surface area contributed by atoms with Crippen LogP contribution in [0.5, 0.6) is 0 Å². The van der Waals surface area contributed by atoms with E-state index in [1.165, 1.54) is 31.5 Å². The lowest BCUT2D eigenvalue weighted by Gasteiger charge is -2.52. The van der Waals surface area contributed by atoms with Gasteiger partial charge in [-0.15, -0.1) is 0 Å². The number of fused-ring (bicyclic) bond motifs is 1. The van der Waals surface area contributed by atoms with E-state index in [0.29, 0.717) is 11.2 Å². The van der Waals surface area contributed by atoms with Crippen molar-refractivity contribution in [3.05, 3.63) is 90.6 Å². The highest BCUT2D eigenvalue weighted by atomic mass is 15.2. The summed E-state index contributed by atoms with van der Waals surface area (Å²) in [7, 11) is 0. The third-order valence-corrected chi connectivity index (χ3v) is 8.04. The standard InChI is InChI=1S/C31H31N7/c32-28-25(7-4-16-34-28)29-36-27-13-12-26(23-5-2-1-3-6-23)35-30(27)38(29)24-10-8-22(9-11-24)19-37-20-31(21-37)14-17-33-18-15-31/h1-13,16,33H,14-15,17-21H2,(H2,32,34). The van der Waals surface area contributed by atoms with Crippen molar-refractivity contribution in [2.24, 2.45) is 5.41 Å². The third kappa shape index (κ3) is 4.14. The van der Waals surface area contributed by atoms with Crippen molar-refractivity contribution in [1.82, 2.24) is 29.7 Å². The number of nitrogens with two attached hydrogens (primary N) is 1. The van der Waals surface area contributed by atoms with Crippen LogP contribution in [0.3, 0.4) is 0 Å². The molecule has 2 aliphatic rings. The average Bonchev–Trinajstić information content (AvgIpc) is 3.32. The zero-order chi connectivity index (χ0) is 25.5. The molecule has 0 aliphatic carbocycles. The first-order chi connectivity index (χ1) is 18.7. The Hall–Kier alpha value is -4.07. The quantitative estimate of drug-likeness (QED) is 0.356. The number of nitrogen functional groups attached to an aromatic ring is 1. The SMILES string of the molecule is Nc1ncccc1-c1nc2ccc(-c3ccccc3)nc2n1-c1ccc(CN2CC3(CCNCC3)C2)cc1. The molecule has 5 heterocycles. The predicted octanol–water partition coefficient (Wildman–Crippen LogP) is 4.92. The molecule has 7 nitrogen and oxygen atoms in total. The molecule has 38 heavy (non-hydrogen) atoms. The fraction of sp³-hybridized carbons (Fsp3) is 0.258. The van der Waals surface area contributed by atoms with Gasteiger partial charge in [-0.05, 0) is 73.3 Å². The highest BCUT2D eigenvalue weighted by molar-refractivity contribution is 5.84. The van der Waals surface area contributed by atoms with Crippen LogP contribution >= 0.6 is 0 Å². The lowest BCUT2D eigenvalue weighted by atomic mass is 9.72. The van der Waals surface area contributed by atoms with Crippen molar-refractivity contribution in [1.29, 1.82) is 0 Å². The molecule has 0 bridgehead atoms. The van der Waals surface area contributed by atoms with Crippen molar-refractivity contribution in [2.75, 3.05) is 31.9 Å². The minimum atomic E-state index is 0.452. The Morgan fingerprint density at radius 1 is 0.842 bits per heavy atom. The van der Waals surface area contributed by atoms with Gasteiger partial charge in [-0.2, -0.15) is 0 Å². The van der Waals surface area contributed by atoms with Gasteiger partial charge in [0.05, 0.1) is 11.3 Å². The van der Waals surface area contributed by atoms with E-state index in [9.17, 15) is 0 Å². The van der Waals surface area contributed by atoms with Gasteiger partial charge in [-0.1, -0.05) is 42.5 Å². The van der Waals surface area contributed by atoms with Gasteiger partial charge in [-0.25, -0.2) is 15.0 Å². The first kappa shape index (κ1) is 23.1. The van der Waals surface area contributed by atoms with Crippen molar-refractivity contribution in [2.45, 2.75) is 19.4 Å². The molecule has 2 aromatic carbocycles. The summed E-state index contributed by atoms with van der Waals surface area (Å²) in [5.41, 5.74) is 13.6. The van der Waals surface area contributed by atoms with E-state index >= 15 is 0 Å². The second kappa shape index (κ2) is 9.35. The minimum absolute atomic E-state index is 0.452. The Balaban J connectivity index is 1.25. The summed E-state index contributed by atoms with van der Waals surface area (Å²) < 4.78 is 2.10. The van der Waals surface area contributed by atoms with Crippen molar-refractivity contribution in [3.8, 4) is 28.3 Å². The number of imidazole rings is 1. The molecule has 2 fully saturated rings. The molecule has 2 saturated heterocycles. The topological polar surface area (TPSA) is 84.9 Å². The predicted molar refractivity (Wildman–Crippen MR) is 152 cm³/mol. The Morgan fingerprint density at radius 3 is 2.39 bits per heavy atom. The van der Waals surface area contributed by atoms with Gasteiger partial charge in [-0.3, -0.25) is 9.47 Å². The molecule has 0 unspecified atom stereocenters. The molecule has 0 saturated carbocycles. The number of pyridine rings is 2. The van der Waals surface area contributed by atoms with Crippen LogP contribution in [-0.2, 0) is 6.54 Å². The van der Waals surface area contributed by atoms with E-state index in [4.69, 9.17) is 15.7 Å². The molecule has 190 valence electrons. The molecule has 7 rings (SSSR count). The smallest absolute Gasteiger partial charge is 0.165 e. The highest BCUT2D eigenvalue weighted by Crippen LogP contribution is 2.39. The van der Waals surface area contributed by atoms with E-state index in [1.807, 2.05) is 42.5 Å². The molecule has 3 N–H and O–H groups in total. The Labute approximate surface area is 222 Å². The van der Waals surface area contributed by atoms with Crippen LogP contribution in [0.15, 0.2) is 85.1 Å². The number of hydrogen-bond acceptors (Lipinski definition) is 6. The molecule has 7 heteroatoms. The van der Waals surface area contributed by atoms with Crippen LogP contribution in [0, 0.1) is 5.41 Å². The van der Waals surface area contributed by atoms with Gasteiger partial charge < -0.3 is 11.1 Å². The van der Waals surface area contributed by atoms with Gasteiger partial charge in [0.1, 0.15) is 11.3 Å². The lowest BCUT2D eigenvalue weighted by molar-refractivity contribution is -0.0282. The number of rotatable bonds is 5. The molecular weight excluding hydrogens is 470 g/mol. The van der Waals surface area contributed by atoms with Gasteiger partial charge in [0.15, 0.2) is 11.5 Å². The maximum atomic E-state index is 6.31. The van der Waals surface area contributed by atoms with E-state index in [2.05, 4.69) is 56.2 Å². The second-order valence-corrected chi connectivity index (χ2v) is 10.7.